The van der Waals surface area contributed by atoms with Gasteiger partial charge in [0.15, 0.2) is 0 Å². The molecular formula is C21H29N3O. The third kappa shape index (κ3) is 6.69. The lowest BCUT2D eigenvalue weighted by molar-refractivity contribution is -0.122. The van der Waals surface area contributed by atoms with Crippen LogP contribution in [0.5, 0.6) is 0 Å². The number of nitrogens with zero attached hydrogens (tertiary/aromatic N) is 1. The molecule has 2 rings (SSSR count). The summed E-state index contributed by atoms with van der Waals surface area (Å²) in [6.45, 7) is 3.73. The summed E-state index contributed by atoms with van der Waals surface area (Å²) >= 11 is 0. The molecule has 0 saturated carbocycles. The van der Waals surface area contributed by atoms with E-state index in [9.17, 15) is 4.79 Å². The van der Waals surface area contributed by atoms with Crippen LogP contribution in [0.3, 0.4) is 0 Å². The second-order valence-electron chi connectivity index (χ2n) is 6.63. The Morgan fingerprint density at radius 2 is 1.60 bits per heavy atom. The number of benzene rings is 2. The van der Waals surface area contributed by atoms with Crippen molar-refractivity contribution in [1.29, 1.82) is 0 Å². The summed E-state index contributed by atoms with van der Waals surface area (Å²) in [6.07, 6.45) is 1.46. The summed E-state index contributed by atoms with van der Waals surface area (Å²) in [6, 6.07) is 20.2. The number of carbonyl (C=O) groups is 1. The fraction of sp³-hybridized carbons (Fsp3) is 0.381. The molecule has 4 heteroatoms. The van der Waals surface area contributed by atoms with Gasteiger partial charge in [-0.2, -0.15) is 0 Å². The van der Waals surface area contributed by atoms with Gasteiger partial charge in [-0.25, -0.2) is 0 Å². The van der Waals surface area contributed by atoms with E-state index in [4.69, 9.17) is 5.73 Å². The number of nitrogens with two attached hydrogens (primary N) is 1. The fourth-order valence-corrected chi connectivity index (χ4v) is 2.74. The smallest absolute Gasteiger partial charge is 0.237 e. The summed E-state index contributed by atoms with van der Waals surface area (Å²) in [5, 5.41) is 2.96. The van der Waals surface area contributed by atoms with Crippen LogP contribution in [0.2, 0.25) is 0 Å². The summed E-state index contributed by atoms with van der Waals surface area (Å²) in [7, 11) is 2.11. The lowest BCUT2D eigenvalue weighted by atomic mass is 10.1. The largest absolute Gasteiger partial charge is 0.355 e. The molecule has 25 heavy (non-hydrogen) atoms. The van der Waals surface area contributed by atoms with Crippen LogP contribution in [-0.4, -0.2) is 36.5 Å². The Morgan fingerprint density at radius 3 is 2.20 bits per heavy atom. The van der Waals surface area contributed by atoms with E-state index in [-0.39, 0.29) is 5.91 Å². The Bertz CT molecular complexity index is 630. The maximum absolute atomic E-state index is 12.1. The molecule has 0 aromatic heterocycles. The topological polar surface area (TPSA) is 58.4 Å². The van der Waals surface area contributed by atoms with Gasteiger partial charge in [-0.15, -0.1) is 0 Å². The zero-order valence-corrected chi connectivity index (χ0v) is 15.2. The van der Waals surface area contributed by atoms with Crippen LogP contribution in [0.4, 0.5) is 0 Å². The first kappa shape index (κ1) is 19.2. The maximum atomic E-state index is 12.1. The Hall–Kier alpha value is -2.17. The van der Waals surface area contributed by atoms with Crippen molar-refractivity contribution in [1.82, 2.24) is 10.2 Å². The van der Waals surface area contributed by atoms with E-state index in [0.29, 0.717) is 19.0 Å². The third-order valence-electron chi connectivity index (χ3n) is 4.52. The van der Waals surface area contributed by atoms with Crippen molar-refractivity contribution < 1.29 is 4.79 Å². The molecular weight excluding hydrogens is 310 g/mol. The van der Waals surface area contributed by atoms with Gasteiger partial charge in [0.25, 0.3) is 0 Å². The molecule has 0 saturated heterocycles. The second-order valence-corrected chi connectivity index (χ2v) is 6.63. The van der Waals surface area contributed by atoms with Crippen LogP contribution in [-0.2, 0) is 17.8 Å². The number of rotatable bonds is 9. The molecule has 0 aliphatic rings. The predicted octanol–water partition coefficient (Wildman–Crippen LogP) is 2.58. The highest BCUT2D eigenvalue weighted by molar-refractivity contribution is 5.81. The minimum atomic E-state index is -0.500. The lowest BCUT2D eigenvalue weighted by Crippen LogP contribution is -2.43. The first-order chi connectivity index (χ1) is 12.1. The van der Waals surface area contributed by atoms with Gasteiger partial charge >= 0.3 is 0 Å². The third-order valence-corrected chi connectivity index (χ3v) is 4.52. The van der Waals surface area contributed by atoms with Crippen molar-refractivity contribution in [3.63, 3.8) is 0 Å². The van der Waals surface area contributed by atoms with Crippen LogP contribution >= 0.6 is 0 Å². The Morgan fingerprint density at radius 1 is 1.04 bits per heavy atom. The van der Waals surface area contributed by atoms with E-state index in [1.165, 1.54) is 5.56 Å². The monoisotopic (exact) mass is 339 g/mol. The molecule has 0 radical (unpaired) electrons. The number of hydrogen-bond donors (Lipinski definition) is 2. The minimum absolute atomic E-state index is 0.0817. The lowest BCUT2D eigenvalue weighted by Gasteiger charge is -2.25. The average molecular weight is 339 g/mol. The molecule has 134 valence electrons. The van der Waals surface area contributed by atoms with Crippen molar-refractivity contribution in [2.45, 2.75) is 38.4 Å². The van der Waals surface area contributed by atoms with Crippen molar-refractivity contribution in [2.75, 3.05) is 13.6 Å². The molecule has 3 N–H and O–H groups in total. The van der Waals surface area contributed by atoms with Crippen LogP contribution in [0.25, 0.3) is 0 Å². The number of nitrogens with one attached hydrogen (secondary N) is 1. The van der Waals surface area contributed by atoms with E-state index in [0.717, 1.165) is 18.5 Å². The zero-order valence-electron chi connectivity index (χ0n) is 15.2. The van der Waals surface area contributed by atoms with Gasteiger partial charge in [0, 0.05) is 19.1 Å². The van der Waals surface area contributed by atoms with Crippen molar-refractivity contribution >= 4 is 5.91 Å². The first-order valence-corrected chi connectivity index (χ1v) is 8.87. The van der Waals surface area contributed by atoms with E-state index < -0.39 is 6.04 Å². The van der Waals surface area contributed by atoms with E-state index >= 15 is 0 Å². The molecule has 0 heterocycles. The average Bonchev–Trinajstić information content (AvgIpc) is 2.63. The molecule has 0 aliphatic heterocycles. The zero-order chi connectivity index (χ0) is 18.1. The van der Waals surface area contributed by atoms with Crippen LogP contribution in [0.1, 0.15) is 24.5 Å². The van der Waals surface area contributed by atoms with Gasteiger partial charge < -0.3 is 11.1 Å². The predicted molar refractivity (Wildman–Crippen MR) is 103 cm³/mol. The van der Waals surface area contributed by atoms with E-state index in [1.54, 1.807) is 0 Å². The maximum Gasteiger partial charge on any atom is 0.237 e. The highest BCUT2D eigenvalue weighted by Crippen LogP contribution is 2.08. The molecule has 2 aromatic carbocycles. The van der Waals surface area contributed by atoms with Crippen molar-refractivity contribution in [3.8, 4) is 0 Å². The summed E-state index contributed by atoms with van der Waals surface area (Å²) < 4.78 is 0. The van der Waals surface area contributed by atoms with Crippen molar-refractivity contribution in [3.05, 3.63) is 71.8 Å². The summed E-state index contributed by atoms with van der Waals surface area (Å²) in [4.78, 5) is 14.4. The van der Waals surface area contributed by atoms with Gasteiger partial charge in [-0.3, -0.25) is 9.69 Å². The quantitative estimate of drug-likeness (QED) is 0.738. The molecule has 0 aliphatic carbocycles. The molecule has 2 aromatic rings. The van der Waals surface area contributed by atoms with Gasteiger partial charge in [0.05, 0.1) is 6.04 Å². The second kappa shape index (κ2) is 9.97. The Kier molecular flexibility index (Phi) is 7.64. The van der Waals surface area contributed by atoms with Gasteiger partial charge in [-0.05, 0) is 37.9 Å². The van der Waals surface area contributed by atoms with E-state index in [1.807, 2.05) is 36.4 Å². The molecule has 0 spiro atoms. The Balaban J connectivity index is 1.69. The SMILES string of the molecule is CC(CCNC(=O)C(N)Cc1ccccc1)N(C)Cc1ccccc1. The van der Waals surface area contributed by atoms with Crippen LogP contribution in [0.15, 0.2) is 60.7 Å². The van der Waals surface area contributed by atoms with Crippen molar-refractivity contribution in [2.24, 2.45) is 5.73 Å². The molecule has 2 unspecified atom stereocenters. The van der Waals surface area contributed by atoms with Gasteiger partial charge in [0.1, 0.15) is 0 Å². The molecule has 2 atom stereocenters. The van der Waals surface area contributed by atoms with Crippen LogP contribution in [0, 0.1) is 0 Å². The highest BCUT2D eigenvalue weighted by Gasteiger charge is 2.15. The summed E-state index contributed by atoms with van der Waals surface area (Å²) in [5.74, 6) is -0.0817. The number of hydrogen-bond acceptors (Lipinski definition) is 3. The standard InChI is InChI=1S/C21H29N3O/c1-17(24(2)16-19-11-7-4-8-12-19)13-14-23-21(25)20(22)15-18-9-5-3-6-10-18/h3-12,17,20H,13-16,22H2,1-2H3,(H,23,25). The first-order valence-electron chi connectivity index (χ1n) is 8.87. The molecule has 0 fully saturated rings. The fourth-order valence-electron chi connectivity index (χ4n) is 2.74. The van der Waals surface area contributed by atoms with E-state index in [2.05, 4.69) is 48.5 Å². The minimum Gasteiger partial charge on any atom is -0.355 e. The molecule has 0 bridgehead atoms. The number of carbonyl (C=O) groups excluding carboxylic acids is 1. The highest BCUT2D eigenvalue weighted by atomic mass is 16.2. The normalized spacial score (nSPS) is 13.4. The number of amides is 1. The van der Waals surface area contributed by atoms with Gasteiger partial charge in [-0.1, -0.05) is 60.7 Å². The summed E-state index contributed by atoms with van der Waals surface area (Å²) in [5.41, 5.74) is 8.39. The van der Waals surface area contributed by atoms with Crippen LogP contribution < -0.4 is 11.1 Å². The van der Waals surface area contributed by atoms with Gasteiger partial charge in [0.2, 0.25) is 5.91 Å². The Labute approximate surface area is 151 Å². The molecule has 1 amide bonds. The molecule has 4 nitrogen and oxygen atoms in total.